The molecule has 3 rings (SSSR count). The van der Waals surface area contributed by atoms with Gasteiger partial charge < -0.3 is 18.6 Å². The Balaban J connectivity index is 1.55. The summed E-state index contributed by atoms with van der Waals surface area (Å²) < 4.78 is 20.8. The molecule has 0 spiro atoms. The summed E-state index contributed by atoms with van der Waals surface area (Å²) in [4.78, 5) is 23.8. The van der Waals surface area contributed by atoms with E-state index < -0.39 is 11.9 Å². The van der Waals surface area contributed by atoms with Crippen molar-refractivity contribution in [3.63, 3.8) is 0 Å². The van der Waals surface area contributed by atoms with Crippen molar-refractivity contribution in [3.8, 4) is 17.2 Å². The lowest BCUT2D eigenvalue weighted by atomic mass is 10.2. The highest BCUT2D eigenvalue weighted by molar-refractivity contribution is 6.32. The fourth-order valence-electron chi connectivity index (χ4n) is 2.31. The predicted octanol–water partition coefficient (Wildman–Crippen LogP) is 3.69. The van der Waals surface area contributed by atoms with Gasteiger partial charge in [-0.2, -0.15) is 5.10 Å². The molecule has 0 unspecified atom stereocenters. The number of furan rings is 1. The van der Waals surface area contributed by atoms with Gasteiger partial charge in [0.1, 0.15) is 5.75 Å². The molecule has 9 heteroatoms. The third kappa shape index (κ3) is 5.62. The molecule has 0 saturated heterocycles. The Bertz CT molecular complexity index is 1050. The van der Waals surface area contributed by atoms with Gasteiger partial charge in [0.05, 0.1) is 24.6 Å². The minimum absolute atomic E-state index is 0.0735. The molecule has 3 aromatic rings. The summed E-state index contributed by atoms with van der Waals surface area (Å²) in [5.41, 5.74) is 2.96. The summed E-state index contributed by atoms with van der Waals surface area (Å²) in [5, 5.41) is 4.28. The third-order valence-electron chi connectivity index (χ3n) is 3.71. The summed E-state index contributed by atoms with van der Waals surface area (Å²) in [6.45, 7) is -0.244. The standard InChI is InChI=1S/C21H17ClN2O6/c1-27-19-11-14(8-9-17(19)30-21(26)18-7-4-10-28-18)12-23-24-20(25)13-29-16-6-3-2-5-15(16)22/h2-12H,13H2,1H3,(H,24,25). The number of esters is 1. The van der Waals surface area contributed by atoms with Crippen LogP contribution < -0.4 is 19.6 Å². The van der Waals surface area contributed by atoms with E-state index in [1.54, 1.807) is 48.5 Å². The molecule has 0 radical (unpaired) electrons. The Labute approximate surface area is 177 Å². The van der Waals surface area contributed by atoms with E-state index in [4.69, 9.17) is 30.2 Å². The molecule has 1 aromatic heterocycles. The maximum absolute atomic E-state index is 12.0. The normalized spacial score (nSPS) is 10.6. The first-order chi connectivity index (χ1) is 14.6. The summed E-state index contributed by atoms with van der Waals surface area (Å²) in [6.07, 6.45) is 2.79. The van der Waals surface area contributed by atoms with Crippen molar-refractivity contribution in [2.24, 2.45) is 5.10 Å². The predicted molar refractivity (Wildman–Crippen MR) is 109 cm³/mol. The first-order valence-electron chi connectivity index (χ1n) is 8.70. The van der Waals surface area contributed by atoms with E-state index in [2.05, 4.69) is 10.5 Å². The van der Waals surface area contributed by atoms with E-state index >= 15 is 0 Å². The van der Waals surface area contributed by atoms with Crippen LogP contribution in [0, 0.1) is 0 Å². The average molecular weight is 429 g/mol. The van der Waals surface area contributed by atoms with E-state index in [0.717, 1.165) is 0 Å². The fourth-order valence-corrected chi connectivity index (χ4v) is 2.50. The molecular formula is C21H17ClN2O6. The van der Waals surface area contributed by atoms with Crippen LogP contribution in [0.3, 0.4) is 0 Å². The van der Waals surface area contributed by atoms with E-state index in [0.29, 0.717) is 22.1 Å². The van der Waals surface area contributed by atoms with E-state index in [-0.39, 0.29) is 18.1 Å². The minimum Gasteiger partial charge on any atom is -0.493 e. The summed E-state index contributed by atoms with van der Waals surface area (Å²) in [7, 11) is 1.44. The highest BCUT2D eigenvalue weighted by Gasteiger charge is 2.15. The number of hydrogen-bond acceptors (Lipinski definition) is 7. The number of benzene rings is 2. The second-order valence-electron chi connectivity index (χ2n) is 5.79. The van der Waals surface area contributed by atoms with Gasteiger partial charge in [-0.1, -0.05) is 23.7 Å². The number of halogens is 1. The maximum atomic E-state index is 12.0. The van der Waals surface area contributed by atoms with Crippen molar-refractivity contribution in [3.05, 3.63) is 77.2 Å². The molecule has 0 aliphatic carbocycles. The van der Waals surface area contributed by atoms with E-state index in [1.165, 1.54) is 25.7 Å². The molecule has 1 heterocycles. The monoisotopic (exact) mass is 428 g/mol. The number of nitrogens with one attached hydrogen (secondary N) is 1. The second kappa shape index (κ2) is 10.1. The zero-order valence-corrected chi connectivity index (χ0v) is 16.6. The number of rotatable bonds is 8. The molecule has 0 saturated carbocycles. The van der Waals surface area contributed by atoms with Crippen LogP contribution in [0.4, 0.5) is 0 Å². The largest absolute Gasteiger partial charge is 0.493 e. The van der Waals surface area contributed by atoms with E-state index in [9.17, 15) is 9.59 Å². The first kappa shape index (κ1) is 20.9. The van der Waals surface area contributed by atoms with E-state index in [1.807, 2.05) is 0 Å². The lowest BCUT2D eigenvalue weighted by Crippen LogP contribution is -2.24. The molecule has 30 heavy (non-hydrogen) atoms. The molecule has 0 fully saturated rings. The topological polar surface area (TPSA) is 99.4 Å². The summed E-state index contributed by atoms with van der Waals surface area (Å²) in [6, 6.07) is 14.7. The molecule has 154 valence electrons. The maximum Gasteiger partial charge on any atom is 0.379 e. The van der Waals surface area contributed by atoms with Gasteiger partial charge in [-0.25, -0.2) is 10.2 Å². The van der Waals surface area contributed by atoms with Crippen molar-refractivity contribution in [2.45, 2.75) is 0 Å². The molecule has 1 N–H and O–H groups in total. The number of carbonyl (C=O) groups excluding carboxylic acids is 2. The zero-order valence-electron chi connectivity index (χ0n) is 15.8. The smallest absolute Gasteiger partial charge is 0.379 e. The molecule has 1 amide bonds. The molecule has 0 atom stereocenters. The first-order valence-corrected chi connectivity index (χ1v) is 9.07. The molecule has 0 aliphatic rings. The number of nitrogens with zero attached hydrogens (tertiary/aromatic N) is 1. The van der Waals surface area contributed by atoms with Crippen molar-refractivity contribution in [2.75, 3.05) is 13.7 Å². The van der Waals surface area contributed by atoms with Crippen LogP contribution in [0.5, 0.6) is 17.2 Å². The Morgan fingerprint density at radius 3 is 2.67 bits per heavy atom. The lowest BCUT2D eigenvalue weighted by Gasteiger charge is -2.09. The Hall–Kier alpha value is -3.78. The Morgan fingerprint density at radius 2 is 1.93 bits per heavy atom. The van der Waals surface area contributed by atoms with Gasteiger partial charge in [0, 0.05) is 0 Å². The Kier molecular flexibility index (Phi) is 7.07. The molecule has 0 aliphatic heterocycles. The van der Waals surface area contributed by atoms with Crippen molar-refractivity contribution in [1.82, 2.24) is 5.43 Å². The number of hydrogen-bond donors (Lipinski definition) is 1. The van der Waals surface area contributed by atoms with Crippen molar-refractivity contribution in [1.29, 1.82) is 0 Å². The third-order valence-corrected chi connectivity index (χ3v) is 4.02. The van der Waals surface area contributed by atoms with Crippen LogP contribution in [0.1, 0.15) is 16.1 Å². The van der Waals surface area contributed by atoms with Crippen LogP contribution in [-0.4, -0.2) is 31.8 Å². The van der Waals surface area contributed by atoms with Gasteiger partial charge in [0.15, 0.2) is 18.1 Å². The quantitative estimate of drug-likeness (QED) is 0.254. The SMILES string of the molecule is COc1cc(C=NNC(=O)COc2ccccc2Cl)ccc1OC(=O)c1ccco1. The number of ether oxygens (including phenoxy) is 3. The van der Waals surface area contributed by atoms with Gasteiger partial charge in [-0.3, -0.25) is 4.79 Å². The molecular weight excluding hydrogens is 412 g/mol. The van der Waals surface area contributed by atoms with Crippen LogP contribution in [0.2, 0.25) is 5.02 Å². The van der Waals surface area contributed by atoms with Crippen molar-refractivity contribution < 1.29 is 28.2 Å². The highest BCUT2D eigenvalue weighted by Crippen LogP contribution is 2.28. The number of para-hydroxylation sites is 1. The number of methoxy groups -OCH3 is 1. The van der Waals surface area contributed by atoms with Crippen LogP contribution in [-0.2, 0) is 4.79 Å². The highest BCUT2D eigenvalue weighted by atomic mass is 35.5. The summed E-state index contributed by atoms with van der Waals surface area (Å²) >= 11 is 5.96. The van der Waals surface area contributed by atoms with Gasteiger partial charge in [-0.15, -0.1) is 0 Å². The molecule has 0 bridgehead atoms. The van der Waals surface area contributed by atoms with Gasteiger partial charge >= 0.3 is 5.97 Å². The van der Waals surface area contributed by atoms with Crippen LogP contribution in [0.25, 0.3) is 0 Å². The van der Waals surface area contributed by atoms with Crippen LogP contribution in [0.15, 0.2) is 70.4 Å². The van der Waals surface area contributed by atoms with Gasteiger partial charge in [-0.05, 0) is 48.0 Å². The van der Waals surface area contributed by atoms with Gasteiger partial charge in [0.25, 0.3) is 5.91 Å². The molecule has 2 aromatic carbocycles. The Morgan fingerprint density at radius 1 is 1.10 bits per heavy atom. The average Bonchev–Trinajstić information content (AvgIpc) is 3.29. The number of amides is 1. The molecule has 8 nitrogen and oxygen atoms in total. The lowest BCUT2D eigenvalue weighted by molar-refractivity contribution is -0.123. The second-order valence-corrected chi connectivity index (χ2v) is 6.20. The fraction of sp³-hybridized carbons (Fsp3) is 0.0952. The summed E-state index contributed by atoms with van der Waals surface area (Å²) in [5.74, 6) is -0.0970. The number of hydrazone groups is 1. The number of carbonyl (C=O) groups is 2. The zero-order chi connectivity index (χ0) is 21.3. The van der Waals surface area contributed by atoms with Gasteiger partial charge in [0.2, 0.25) is 5.76 Å². The van der Waals surface area contributed by atoms with Crippen molar-refractivity contribution >= 4 is 29.7 Å². The minimum atomic E-state index is -0.648. The van der Waals surface area contributed by atoms with Crippen LogP contribution >= 0.6 is 11.6 Å².